The Hall–Kier alpha value is -7.69. The van der Waals surface area contributed by atoms with Crippen LogP contribution in [0.5, 0.6) is 0 Å². The summed E-state index contributed by atoms with van der Waals surface area (Å²) in [5, 5.41) is 7.54. The highest BCUT2D eigenvalue weighted by Gasteiger charge is 2.30. The molecule has 11 aromatic rings. The average Bonchev–Trinajstić information content (AvgIpc) is 3.83. The van der Waals surface area contributed by atoms with E-state index in [1.807, 2.05) is 18.2 Å². The predicted octanol–water partition coefficient (Wildman–Crippen LogP) is 13.4. The second kappa shape index (κ2) is 12.9. The number of aromatic nitrogens is 4. The van der Waals surface area contributed by atoms with E-state index in [0.717, 1.165) is 22.4 Å². The molecule has 0 N–H and O–H groups in total. The molecule has 270 valence electrons. The van der Waals surface area contributed by atoms with Crippen molar-refractivity contribution >= 4 is 43.4 Å². The van der Waals surface area contributed by atoms with Crippen LogP contribution < -0.4 is 0 Å². The van der Waals surface area contributed by atoms with Crippen LogP contribution in [0.2, 0.25) is 0 Å². The molecule has 58 heavy (non-hydrogen) atoms. The molecule has 2 aromatic heterocycles. The van der Waals surface area contributed by atoms with Crippen LogP contribution >= 0.6 is 0 Å². The fourth-order valence-corrected chi connectivity index (χ4v) is 9.28. The van der Waals surface area contributed by atoms with E-state index in [4.69, 9.17) is 15.0 Å². The van der Waals surface area contributed by atoms with E-state index in [1.165, 1.54) is 71.2 Å². The fraction of sp³-hybridized carbons (Fsp3) is 0.0185. The molecule has 9 aromatic carbocycles. The van der Waals surface area contributed by atoms with E-state index in [2.05, 4.69) is 187 Å². The summed E-state index contributed by atoms with van der Waals surface area (Å²) >= 11 is 0. The van der Waals surface area contributed by atoms with Gasteiger partial charge < -0.3 is 4.57 Å². The van der Waals surface area contributed by atoms with Crippen molar-refractivity contribution in [2.45, 2.75) is 5.92 Å². The zero-order valence-electron chi connectivity index (χ0n) is 31.4. The molecule has 12 rings (SSSR count). The first-order chi connectivity index (χ1) is 28.8. The van der Waals surface area contributed by atoms with Gasteiger partial charge in [0.1, 0.15) is 0 Å². The normalized spacial score (nSPS) is 13.3. The van der Waals surface area contributed by atoms with Crippen molar-refractivity contribution in [2.24, 2.45) is 0 Å². The van der Waals surface area contributed by atoms with Gasteiger partial charge in [0.05, 0.1) is 11.0 Å². The summed E-state index contributed by atoms with van der Waals surface area (Å²) in [6.07, 6.45) is 0. The largest absolute Gasteiger partial charge is 0.309 e. The first-order valence-electron chi connectivity index (χ1n) is 19.8. The number of hydrogen-bond donors (Lipinski definition) is 0. The lowest BCUT2D eigenvalue weighted by Crippen LogP contribution is -2.01. The minimum atomic E-state index is 0.181. The molecule has 0 amide bonds. The van der Waals surface area contributed by atoms with Gasteiger partial charge >= 0.3 is 0 Å². The summed E-state index contributed by atoms with van der Waals surface area (Å²) in [5.41, 5.74) is 12.7. The summed E-state index contributed by atoms with van der Waals surface area (Å²) in [7, 11) is 0. The maximum Gasteiger partial charge on any atom is 0.164 e. The first-order valence-corrected chi connectivity index (χ1v) is 19.8. The molecule has 0 radical (unpaired) electrons. The molecule has 0 bridgehead atoms. The van der Waals surface area contributed by atoms with E-state index < -0.39 is 0 Å². The van der Waals surface area contributed by atoms with Crippen LogP contribution in [0.4, 0.5) is 0 Å². The maximum atomic E-state index is 5.19. The Balaban J connectivity index is 1.01. The van der Waals surface area contributed by atoms with Gasteiger partial charge in [0.2, 0.25) is 0 Å². The molecule has 0 saturated carbocycles. The van der Waals surface area contributed by atoms with Gasteiger partial charge in [-0.2, -0.15) is 0 Å². The van der Waals surface area contributed by atoms with Crippen LogP contribution in [-0.4, -0.2) is 19.5 Å². The quantitative estimate of drug-likeness (QED) is 0.177. The third kappa shape index (κ3) is 5.05. The summed E-state index contributed by atoms with van der Waals surface area (Å²) in [4.78, 5) is 15.4. The minimum Gasteiger partial charge on any atom is -0.309 e. The zero-order valence-corrected chi connectivity index (χ0v) is 31.4. The number of nitrogens with zero attached hydrogens (tertiary/aromatic N) is 4. The Kier molecular flexibility index (Phi) is 7.26. The van der Waals surface area contributed by atoms with Gasteiger partial charge in [0.25, 0.3) is 0 Å². The summed E-state index contributed by atoms with van der Waals surface area (Å²) in [6, 6.07) is 71.6. The second-order valence-electron chi connectivity index (χ2n) is 15.1. The van der Waals surface area contributed by atoms with Gasteiger partial charge in [-0.25, -0.2) is 15.0 Å². The van der Waals surface area contributed by atoms with Crippen LogP contribution in [0.1, 0.15) is 22.6 Å². The highest BCUT2D eigenvalue weighted by Crippen LogP contribution is 2.49. The molecule has 0 fully saturated rings. The van der Waals surface area contributed by atoms with E-state index >= 15 is 0 Å². The Labute approximate surface area is 335 Å². The SMILES string of the molecule is c1ccc(-c2nc(-c3ccc(-n4c5ccc6ccccc6c5c5c6ccccc6ccc54)cc3)nc(-c3ccc4c(c3)-c3ccccc3C4c3ccccc3)n2)cc1. The van der Waals surface area contributed by atoms with Crippen molar-refractivity contribution in [1.29, 1.82) is 0 Å². The number of hydrogen-bond acceptors (Lipinski definition) is 3. The molecule has 2 heterocycles. The maximum absolute atomic E-state index is 5.19. The molecule has 4 nitrogen and oxygen atoms in total. The van der Waals surface area contributed by atoms with E-state index in [0.29, 0.717) is 17.5 Å². The van der Waals surface area contributed by atoms with Crippen LogP contribution in [0, 0.1) is 0 Å². The molecule has 1 aliphatic carbocycles. The number of rotatable bonds is 5. The lowest BCUT2D eigenvalue weighted by molar-refractivity contribution is 1.01. The van der Waals surface area contributed by atoms with Crippen molar-refractivity contribution in [2.75, 3.05) is 0 Å². The highest BCUT2D eigenvalue weighted by molar-refractivity contribution is 6.28. The van der Waals surface area contributed by atoms with E-state index in [9.17, 15) is 0 Å². The molecule has 0 spiro atoms. The Morgan fingerprint density at radius 2 is 0.862 bits per heavy atom. The Morgan fingerprint density at radius 1 is 0.362 bits per heavy atom. The average molecular weight is 739 g/mol. The molecule has 0 aliphatic heterocycles. The van der Waals surface area contributed by atoms with Crippen molar-refractivity contribution < 1.29 is 0 Å². The third-order valence-corrected chi connectivity index (χ3v) is 11.9. The van der Waals surface area contributed by atoms with Gasteiger partial charge in [-0.1, -0.05) is 158 Å². The highest BCUT2D eigenvalue weighted by atomic mass is 15.0. The second-order valence-corrected chi connectivity index (χ2v) is 15.1. The van der Waals surface area contributed by atoms with Gasteiger partial charge in [-0.3, -0.25) is 0 Å². The molecule has 1 unspecified atom stereocenters. The third-order valence-electron chi connectivity index (χ3n) is 11.9. The van der Waals surface area contributed by atoms with Crippen molar-refractivity contribution in [3.05, 3.63) is 217 Å². The number of fused-ring (bicyclic) bond motifs is 10. The fourth-order valence-electron chi connectivity index (χ4n) is 9.28. The standard InChI is InChI=1S/C54H34N4/c1-3-15-36(16-4-1)49-44-22-12-11-21-43(44)46-33-39(25-30-45(46)49)54-56-52(37-17-5-2-6-18-37)55-53(57-54)38-23-28-40(29-24-38)58-47-31-26-34-13-7-9-19-41(34)50(47)51-42-20-10-8-14-35(42)27-32-48(51)58/h1-33,49H. The van der Waals surface area contributed by atoms with Crippen molar-refractivity contribution in [3.63, 3.8) is 0 Å². The zero-order chi connectivity index (χ0) is 38.2. The van der Waals surface area contributed by atoms with Crippen LogP contribution in [0.25, 0.3) is 94.3 Å². The molecule has 4 heteroatoms. The number of benzene rings is 9. The molecule has 1 aliphatic rings. The summed E-state index contributed by atoms with van der Waals surface area (Å²) in [5.74, 6) is 2.12. The Bertz CT molecular complexity index is 3290. The predicted molar refractivity (Wildman–Crippen MR) is 238 cm³/mol. The monoisotopic (exact) mass is 738 g/mol. The van der Waals surface area contributed by atoms with E-state index in [1.54, 1.807) is 0 Å². The van der Waals surface area contributed by atoms with Gasteiger partial charge in [0.15, 0.2) is 17.5 Å². The van der Waals surface area contributed by atoms with Crippen LogP contribution in [0.3, 0.4) is 0 Å². The molecular formula is C54H34N4. The minimum absolute atomic E-state index is 0.181. The van der Waals surface area contributed by atoms with Gasteiger partial charge in [-0.15, -0.1) is 0 Å². The summed E-state index contributed by atoms with van der Waals surface area (Å²) in [6.45, 7) is 0. The smallest absolute Gasteiger partial charge is 0.164 e. The topological polar surface area (TPSA) is 43.6 Å². The molecule has 0 saturated heterocycles. The lowest BCUT2D eigenvalue weighted by Gasteiger charge is -2.14. The van der Waals surface area contributed by atoms with Crippen LogP contribution in [0.15, 0.2) is 200 Å². The molecular weight excluding hydrogens is 705 g/mol. The summed E-state index contributed by atoms with van der Waals surface area (Å²) < 4.78 is 2.40. The Morgan fingerprint density at radius 3 is 1.52 bits per heavy atom. The lowest BCUT2D eigenvalue weighted by atomic mass is 9.89. The van der Waals surface area contributed by atoms with Gasteiger partial charge in [0, 0.05) is 39.1 Å². The van der Waals surface area contributed by atoms with Crippen LogP contribution in [-0.2, 0) is 0 Å². The first kappa shape index (κ1) is 32.5. The molecule has 1 atom stereocenters. The van der Waals surface area contributed by atoms with Gasteiger partial charge in [-0.05, 0) is 91.8 Å². The van der Waals surface area contributed by atoms with Crippen molar-refractivity contribution in [3.8, 4) is 51.0 Å². The van der Waals surface area contributed by atoms with E-state index in [-0.39, 0.29) is 5.92 Å². The van der Waals surface area contributed by atoms with Crippen molar-refractivity contribution in [1.82, 2.24) is 19.5 Å².